The highest BCUT2D eigenvalue weighted by atomic mass is 32.2. The minimum Gasteiger partial charge on any atom is -0.324 e. The molecule has 0 aliphatic carbocycles. The standard InChI is InChI=1S/C19H15F2N3O4S/c20-13-2-1-3-15(8-13)22-19(26)17-10-29-11-23(17)18(25)7-5-12-4-6-14(21)9-16(12)24(27)28/h1-9,17H,10-11H2,(H,22,26)/b7-5+. The first-order valence-corrected chi connectivity index (χ1v) is 9.57. The number of nitro groups is 1. The maximum absolute atomic E-state index is 13.3. The van der Waals surface area contributed by atoms with E-state index in [1.807, 2.05) is 0 Å². The maximum atomic E-state index is 13.3. The summed E-state index contributed by atoms with van der Waals surface area (Å²) in [6, 6.07) is 7.64. The predicted octanol–water partition coefficient (Wildman–Crippen LogP) is 3.43. The number of benzene rings is 2. The molecule has 3 rings (SSSR count). The molecule has 2 aromatic carbocycles. The zero-order chi connectivity index (χ0) is 21.0. The molecule has 2 aromatic rings. The van der Waals surface area contributed by atoms with Crippen LogP contribution in [-0.2, 0) is 9.59 Å². The molecule has 0 radical (unpaired) electrons. The normalized spacial score (nSPS) is 16.2. The molecule has 1 heterocycles. The maximum Gasteiger partial charge on any atom is 0.279 e. The van der Waals surface area contributed by atoms with E-state index < -0.39 is 40.1 Å². The van der Waals surface area contributed by atoms with Gasteiger partial charge in [-0.25, -0.2) is 8.78 Å². The summed E-state index contributed by atoms with van der Waals surface area (Å²) in [6.45, 7) is 0. The zero-order valence-electron chi connectivity index (χ0n) is 14.9. The number of halogens is 2. The lowest BCUT2D eigenvalue weighted by atomic mass is 10.1. The molecule has 1 saturated heterocycles. The molecule has 0 bridgehead atoms. The van der Waals surface area contributed by atoms with Gasteiger partial charge < -0.3 is 10.2 Å². The van der Waals surface area contributed by atoms with E-state index in [0.717, 1.165) is 18.2 Å². The fraction of sp³-hybridized carbons (Fsp3) is 0.158. The van der Waals surface area contributed by atoms with Crippen LogP contribution in [0.15, 0.2) is 48.5 Å². The lowest BCUT2D eigenvalue weighted by Crippen LogP contribution is -2.43. The van der Waals surface area contributed by atoms with Crippen LogP contribution >= 0.6 is 11.8 Å². The number of anilines is 1. The van der Waals surface area contributed by atoms with E-state index in [4.69, 9.17) is 0 Å². The van der Waals surface area contributed by atoms with Gasteiger partial charge >= 0.3 is 0 Å². The van der Waals surface area contributed by atoms with Crippen LogP contribution in [0.2, 0.25) is 0 Å². The van der Waals surface area contributed by atoms with E-state index in [0.29, 0.717) is 5.75 Å². The number of hydrogen-bond acceptors (Lipinski definition) is 5. The van der Waals surface area contributed by atoms with Crippen molar-refractivity contribution in [2.24, 2.45) is 0 Å². The van der Waals surface area contributed by atoms with Crippen LogP contribution in [0, 0.1) is 21.7 Å². The summed E-state index contributed by atoms with van der Waals surface area (Å²) in [5.74, 6) is -1.62. The Balaban J connectivity index is 1.72. The third kappa shape index (κ3) is 4.96. The van der Waals surface area contributed by atoms with E-state index >= 15 is 0 Å². The van der Waals surface area contributed by atoms with Gasteiger partial charge in [0.15, 0.2) is 0 Å². The Hall–Kier alpha value is -3.27. The predicted molar refractivity (Wildman–Crippen MR) is 105 cm³/mol. The van der Waals surface area contributed by atoms with Gasteiger partial charge in [-0.3, -0.25) is 19.7 Å². The molecule has 1 atom stereocenters. The number of nitrogens with one attached hydrogen (secondary N) is 1. The van der Waals surface area contributed by atoms with E-state index in [-0.39, 0.29) is 17.1 Å². The molecular formula is C19H15F2N3O4S. The molecule has 1 unspecified atom stereocenters. The molecule has 1 aliphatic rings. The average molecular weight is 419 g/mol. The lowest BCUT2D eigenvalue weighted by Gasteiger charge is -2.21. The Kier molecular flexibility index (Phi) is 6.23. The first kappa shape index (κ1) is 20.5. The largest absolute Gasteiger partial charge is 0.324 e. The molecule has 10 heteroatoms. The molecule has 2 amide bonds. The van der Waals surface area contributed by atoms with Gasteiger partial charge in [0, 0.05) is 17.5 Å². The molecule has 29 heavy (non-hydrogen) atoms. The quantitative estimate of drug-likeness (QED) is 0.455. The highest BCUT2D eigenvalue weighted by Crippen LogP contribution is 2.24. The van der Waals surface area contributed by atoms with Gasteiger partial charge in [-0.1, -0.05) is 6.07 Å². The van der Waals surface area contributed by atoms with Crippen molar-refractivity contribution in [1.82, 2.24) is 4.90 Å². The Bertz CT molecular complexity index is 999. The van der Waals surface area contributed by atoms with Gasteiger partial charge in [-0.15, -0.1) is 11.8 Å². The zero-order valence-corrected chi connectivity index (χ0v) is 15.7. The Labute approximate surface area is 168 Å². The Morgan fingerprint density at radius 3 is 2.69 bits per heavy atom. The number of amides is 2. The van der Waals surface area contributed by atoms with Gasteiger partial charge in [-0.05, 0) is 36.4 Å². The van der Waals surface area contributed by atoms with Crippen molar-refractivity contribution in [3.8, 4) is 0 Å². The van der Waals surface area contributed by atoms with Gasteiger partial charge in [0.1, 0.15) is 17.7 Å². The second-order valence-electron chi connectivity index (χ2n) is 6.12. The number of thioether (sulfide) groups is 1. The molecular weight excluding hydrogens is 404 g/mol. The number of hydrogen-bond donors (Lipinski definition) is 1. The molecule has 1 N–H and O–H groups in total. The third-order valence-electron chi connectivity index (χ3n) is 4.15. The van der Waals surface area contributed by atoms with Crippen LogP contribution in [0.5, 0.6) is 0 Å². The summed E-state index contributed by atoms with van der Waals surface area (Å²) in [5, 5.41) is 13.6. The number of carbonyl (C=O) groups is 2. The average Bonchev–Trinajstić information content (AvgIpc) is 3.17. The van der Waals surface area contributed by atoms with Gasteiger partial charge in [0.2, 0.25) is 11.8 Å². The summed E-state index contributed by atoms with van der Waals surface area (Å²) >= 11 is 1.37. The van der Waals surface area contributed by atoms with Gasteiger partial charge in [-0.2, -0.15) is 0 Å². The summed E-state index contributed by atoms with van der Waals surface area (Å²) in [7, 11) is 0. The highest BCUT2D eigenvalue weighted by Gasteiger charge is 2.33. The molecule has 1 fully saturated rings. The third-order valence-corrected chi connectivity index (χ3v) is 5.17. The molecule has 150 valence electrons. The van der Waals surface area contributed by atoms with Gasteiger partial charge in [0.05, 0.1) is 22.4 Å². The molecule has 0 saturated carbocycles. The number of carbonyl (C=O) groups excluding carboxylic acids is 2. The van der Waals surface area contributed by atoms with Crippen LogP contribution in [0.3, 0.4) is 0 Å². The lowest BCUT2D eigenvalue weighted by molar-refractivity contribution is -0.385. The minimum absolute atomic E-state index is 0.0670. The van der Waals surface area contributed by atoms with Crippen molar-refractivity contribution in [2.45, 2.75) is 6.04 Å². The first-order chi connectivity index (χ1) is 13.8. The van der Waals surface area contributed by atoms with Crippen molar-refractivity contribution < 1.29 is 23.3 Å². The van der Waals surface area contributed by atoms with Crippen LogP contribution < -0.4 is 5.32 Å². The number of nitrogens with zero attached hydrogens (tertiary/aromatic N) is 2. The highest BCUT2D eigenvalue weighted by molar-refractivity contribution is 7.99. The van der Waals surface area contributed by atoms with E-state index in [2.05, 4.69) is 5.32 Å². The summed E-state index contributed by atoms with van der Waals surface area (Å²) in [5.41, 5.74) is -0.126. The smallest absolute Gasteiger partial charge is 0.279 e. The topological polar surface area (TPSA) is 92.6 Å². The van der Waals surface area contributed by atoms with Crippen LogP contribution in [-0.4, -0.2) is 39.3 Å². The number of rotatable bonds is 5. The summed E-state index contributed by atoms with van der Waals surface area (Å²) in [4.78, 5) is 36.6. The Morgan fingerprint density at radius 1 is 1.21 bits per heavy atom. The van der Waals surface area contributed by atoms with Crippen LogP contribution in [0.1, 0.15) is 5.56 Å². The fourth-order valence-electron chi connectivity index (χ4n) is 2.74. The van der Waals surface area contributed by atoms with Crippen molar-refractivity contribution in [2.75, 3.05) is 16.9 Å². The molecule has 0 aromatic heterocycles. The second kappa shape index (κ2) is 8.82. The van der Waals surface area contributed by atoms with E-state index in [9.17, 15) is 28.5 Å². The molecule has 7 nitrogen and oxygen atoms in total. The Morgan fingerprint density at radius 2 is 1.97 bits per heavy atom. The molecule has 0 spiro atoms. The van der Waals surface area contributed by atoms with Crippen molar-refractivity contribution in [3.63, 3.8) is 0 Å². The summed E-state index contributed by atoms with van der Waals surface area (Å²) in [6.07, 6.45) is 2.32. The van der Waals surface area contributed by atoms with E-state index in [1.54, 1.807) is 0 Å². The van der Waals surface area contributed by atoms with Crippen LogP contribution in [0.4, 0.5) is 20.2 Å². The van der Waals surface area contributed by atoms with Crippen molar-refractivity contribution in [1.29, 1.82) is 0 Å². The minimum atomic E-state index is -0.774. The second-order valence-corrected chi connectivity index (χ2v) is 7.12. The fourth-order valence-corrected chi connectivity index (χ4v) is 3.91. The first-order valence-electron chi connectivity index (χ1n) is 8.42. The van der Waals surface area contributed by atoms with Crippen LogP contribution in [0.25, 0.3) is 6.08 Å². The molecule has 1 aliphatic heterocycles. The van der Waals surface area contributed by atoms with Crippen molar-refractivity contribution >= 4 is 41.0 Å². The SMILES string of the molecule is O=C(Nc1cccc(F)c1)C1CSCN1C(=O)/C=C/c1ccc(F)cc1[N+](=O)[O-]. The van der Waals surface area contributed by atoms with E-state index in [1.165, 1.54) is 53.1 Å². The summed E-state index contributed by atoms with van der Waals surface area (Å²) < 4.78 is 26.5. The monoisotopic (exact) mass is 419 g/mol. The van der Waals surface area contributed by atoms with Gasteiger partial charge in [0.25, 0.3) is 5.69 Å². The number of nitro benzene ring substituents is 1. The van der Waals surface area contributed by atoms with Crippen molar-refractivity contribution in [3.05, 3.63) is 75.9 Å².